The molecule has 3 aromatic carbocycles. The monoisotopic (exact) mass is 1140 g/mol. The predicted octanol–water partition coefficient (Wildman–Crippen LogP) is 7.75. The molecule has 1 amide bonds. The number of ketones is 1. The van der Waals surface area contributed by atoms with E-state index in [-0.39, 0.29) is 49.7 Å². The molecular formula is C65H82N6O8S2. The number of phenols is 1. The molecule has 2 aliphatic carbocycles. The van der Waals surface area contributed by atoms with Crippen molar-refractivity contribution < 1.29 is 39.9 Å². The van der Waals surface area contributed by atoms with Crippen molar-refractivity contribution in [2.75, 3.05) is 31.2 Å². The fraction of sp³-hybridized carbons (Fsp3) is 0.492. The first-order valence-corrected chi connectivity index (χ1v) is 31.3. The number of nitrogens with one attached hydrogen (secondary N) is 2. The molecule has 4 bridgehead atoms. The van der Waals surface area contributed by atoms with Gasteiger partial charge in [-0.25, -0.2) is 0 Å². The van der Waals surface area contributed by atoms with E-state index >= 15 is 4.79 Å². The number of fused-ring (bicyclic) bond motifs is 7. The fourth-order valence-corrected chi connectivity index (χ4v) is 16.0. The smallest absolute Gasteiger partial charge is 0.243 e. The molecule has 12 unspecified atom stereocenters. The Morgan fingerprint density at radius 1 is 0.975 bits per heavy atom. The third-order valence-corrected chi connectivity index (χ3v) is 20.7. The second-order valence-corrected chi connectivity index (χ2v) is 26.0. The first kappa shape index (κ1) is 60.2. The lowest BCUT2D eigenvalue weighted by atomic mass is 9.52. The topological polar surface area (TPSA) is 259 Å². The Hall–Kier alpha value is -5.45. The van der Waals surface area contributed by atoms with E-state index in [9.17, 15) is 30.3 Å². The summed E-state index contributed by atoms with van der Waals surface area (Å²) >= 11 is 0. The number of amides is 1. The number of β-amino-alcohol motifs (C(OH)–C–C–N with tert-alkyl or cyclic N) is 1. The van der Waals surface area contributed by atoms with Gasteiger partial charge in [0.2, 0.25) is 5.91 Å². The number of carbonyl (C=O) groups is 2. The molecule has 13 N–H and O–H groups in total. The quantitative estimate of drug-likeness (QED) is 0.0385. The Morgan fingerprint density at radius 2 is 1.75 bits per heavy atom. The van der Waals surface area contributed by atoms with E-state index in [1.54, 1.807) is 35.1 Å². The van der Waals surface area contributed by atoms with E-state index in [0.717, 1.165) is 58.4 Å². The number of hydrogen-bond acceptors (Lipinski definition) is 13. The number of aromatic hydroxyl groups is 1. The van der Waals surface area contributed by atoms with Gasteiger partial charge in [-0.15, -0.1) is 0 Å². The zero-order chi connectivity index (χ0) is 57.4. The van der Waals surface area contributed by atoms with Crippen molar-refractivity contribution in [3.8, 4) is 17.6 Å². The number of aliphatic imine (C=N–C) groups is 1. The van der Waals surface area contributed by atoms with Gasteiger partial charge in [0.15, 0.2) is 11.7 Å². The van der Waals surface area contributed by atoms with Crippen molar-refractivity contribution in [2.24, 2.45) is 45.4 Å². The van der Waals surface area contributed by atoms with Gasteiger partial charge in [-0.05, 0) is 153 Å². The van der Waals surface area contributed by atoms with Crippen molar-refractivity contribution in [1.82, 2.24) is 10.6 Å². The Balaban J connectivity index is 1.11. The maximum absolute atomic E-state index is 15.2. The van der Waals surface area contributed by atoms with Crippen LogP contribution in [0.4, 0.5) is 0 Å². The zero-order valence-electron chi connectivity index (χ0n) is 46.8. The van der Waals surface area contributed by atoms with Gasteiger partial charge in [0.1, 0.15) is 24.1 Å². The van der Waals surface area contributed by atoms with Crippen LogP contribution in [0.25, 0.3) is 0 Å². The second-order valence-electron chi connectivity index (χ2n) is 23.4. The van der Waals surface area contributed by atoms with Crippen LogP contribution in [-0.4, -0.2) is 104 Å². The van der Waals surface area contributed by atoms with E-state index in [2.05, 4.69) is 40.1 Å². The maximum Gasteiger partial charge on any atom is 0.243 e. The Morgan fingerprint density at radius 3 is 2.54 bits per heavy atom. The predicted molar refractivity (Wildman–Crippen MR) is 324 cm³/mol. The van der Waals surface area contributed by atoms with Crippen molar-refractivity contribution in [3.05, 3.63) is 159 Å². The summed E-state index contributed by atoms with van der Waals surface area (Å²) in [5.41, 5.74) is 25.0. The first-order chi connectivity index (χ1) is 38.9. The molecule has 6 aliphatic rings. The highest BCUT2D eigenvalue weighted by molar-refractivity contribution is 8.76. The molecule has 2 fully saturated rings. The highest BCUT2D eigenvalue weighted by Crippen LogP contribution is 2.63. The van der Waals surface area contributed by atoms with Crippen LogP contribution >= 0.6 is 21.6 Å². The molecule has 4 heterocycles. The van der Waals surface area contributed by atoms with Crippen molar-refractivity contribution in [2.45, 2.75) is 145 Å². The minimum Gasteiger partial charge on any atom is -0.508 e. The van der Waals surface area contributed by atoms with Crippen LogP contribution in [0.3, 0.4) is 0 Å². The number of ether oxygens (including phenoxy) is 1. The summed E-state index contributed by atoms with van der Waals surface area (Å²) in [4.78, 5) is 33.9. The molecule has 1 spiro atoms. The third kappa shape index (κ3) is 14.0. The molecule has 2 saturated carbocycles. The number of allylic oxidation sites excluding steroid dienone is 8. The summed E-state index contributed by atoms with van der Waals surface area (Å²) in [5, 5.41) is 67.6. The lowest BCUT2D eigenvalue weighted by Crippen LogP contribution is -2.59. The highest BCUT2D eigenvalue weighted by atomic mass is 33.1. The molecule has 4 aliphatic heterocycles. The molecule has 432 valence electrons. The molecular weight excluding hydrogens is 1060 g/mol. The average Bonchev–Trinajstić information content (AvgIpc) is 4.05. The fourth-order valence-electron chi connectivity index (χ4n) is 13.9. The Bertz CT molecular complexity index is 3010. The maximum atomic E-state index is 15.2. The van der Waals surface area contributed by atoms with E-state index in [4.69, 9.17) is 21.9 Å². The van der Waals surface area contributed by atoms with Gasteiger partial charge in [-0.3, -0.25) is 19.9 Å². The summed E-state index contributed by atoms with van der Waals surface area (Å²) in [6.45, 7) is 8.35. The summed E-state index contributed by atoms with van der Waals surface area (Å²) in [6.07, 6.45) is 10.7. The standard InChI is InChI=1S/C65H82N6O8S2/c1-39-9-4-11-41-12-7-17-49(38-81-80-30-27-41)79-37-46(16-5-10-39)51-26-29-65(60(51)76)55-24-23-48(73)32-42-13-6-14-43(31-42)33-53(54(35-70-63(67)68)44-19-21-47(72)22-20-44)57(75)36-69-59-58-45(15-8-18-52(58)61(66)71-62(59)77)34-56(74)40(2)50(55)25-28-64(65,3)78/h5-6,8,10-11,13-16,18-22,31,48-49,51,53-55,57,59-61,69,72-73,75-76,78H,1,4,9,12,23-30,32-38,66H2,2-3H3,(H,71,77)(H4,67,68,70). The largest absolute Gasteiger partial charge is 0.508 e. The van der Waals surface area contributed by atoms with Gasteiger partial charge in [0.05, 0.1) is 30.5 Å². The molecule has 81 heavy (non-hydrogen) atoms. The van der Waals surface area contributed by atoms with Crippen molar-refractivity contribution in [3.63, 3.8) is 0 Å². The summed E-state index contributed by atoms with van der Waals surface area (Å²) in [7, 11) is 3.61. The van der Waals surface area contributed by atoms with Crippen LogP contribution in [0.5, 0.6) is 5.75 Å². The summed E-state index contributed by atoms with van der Waals surface area (Å²) in [5.74, 6) is 6.01. The Labute approximate surface area is 485 Å². The van der Waals surface area contributed by atoms with Crippen molar-refractivity contribution >= 4 is 39.2 Å². The van der Waals surface area contributed by atoms with Crippen LogP contribution in [0.15, 0.2) is 130 Å². The van der Waals surface area contributed by atoms with Crippen molar-refractivity contribution in [1.29, 1.82) is 0 Å². The number of carbonyl (C=O) groups excluding carboxylic acids is 2. The van der Waals surface area contributed by atoms with Gasteiger partial charge in [0, 0.05) is 54.7 Å². The van der Waals surface area contributed by atoms with Gasteiger partial charge < -0.3 is 52.8 Å². The molecule has 0 saturated heterocycles. The SMILES string of the molecule is C=C1C=CC=C(C2CCC3(C4CCC(O)Cc5cccc(c5)CC(C(CN=C(N)N)c5ccc(O)cc5)C(O)CNC5C(=O)NC(N)c6cccc(c65)CC(=O)C(C)=C4CCC3(C)O)C2O)COC2C#CCC(=CCC1)CCSSC2. The number of phenolic OH excluding ortho intramolecular Hbond substituents is 1. The molecule has 12 atom stereocenters. The molecule has 3 aromatic rings. The van der Waals surface area contributed by atoms with Crippen LogP contribution in [0, 0.1) is 35.0 Å². The number of nitrogens with zero attached hydrogens (tertiary/aromatic N) is 1. The number of aliphatic hydroxyl groups is 4. The molecule has 16 heteroatoms. The molecule has 9 rings (SSSR count). The number of guanidine groups is 1. The van der Waals surface area contributed by atoms with Crippen LogP contribution in [0.1, 0.15) is 130 Å². The van der Waals surface area contributed by atoms with Gasteiger partial charge in [0.25, 0.3) is 0 Å². The minimum absolute atomic E-state index is 0.0510. The van der Waals surface area contributed by atoms with E-state index in [0.29, 0.717) is 85.8 Å². The number of aliphatic hydroxyl groups excluding tert-OH is 3. The number of benzene rings is 3. The Kier molecular flexibility index (Phi) is 19.9. The summed E-state index contributed by atoms with van der Waals surface area (Å²) < 4.78 is 6.69. The first-order valence-electron chi connectivity index (χ1n) is 28.8. The van der Waals surface area contributed by atoms with Crippen LogP contribution in [0.2, 0.25) is 0 Å². The lowest BCUT2D eigenvalue weighted by Gasteiger charge is -2.56. The minimum atomic E-state index is -1.36. The van der Waals surface area contributed by atoms with Crippen LogP contribution in [-0.2, 0) is 33.6 Å². The molecule has 0 radical (unpaired) electrons. The van der Waals surface area contributed by atoms with Gasteiger partial charge in [-0.1, -0.05) is 136 Å². The summed E-state index contributed by atoms with van der Waals surface area (Å²) in [6, 6.07) is 19.2. The van der Waals surface area contributed by atoms with E-state index in [1.165, 1.54) is 5.57 Å². The number of rotatable bonds is 5. The highest BCUT2D eigenvalue weighted by Gasteiger charge is 2.64. The third-order valence-electron chi connectivity index (χ3n) is 18.3. The number of nitrogens with two attached hydrogens (primary N) is 3. The van der Waals surface area contributed by atoms with E-state index < -0.39 is 71.1 Å². The second kappa shape index (κ2) is 26.9. The normalized spacial score (nSPS) is 31.4. The molecule has 0 aromatic heterocycles. The molecule has 14 nitrogen and oxygen atoms in total. The number of hydrogen-bond donors (Lipinski definition) is 10. The van der Waals surface area contributed by atoms with E-state index in [1.807, 2.05) is 85.3 Å². The lowest BCUT2D eigenvalue weighted by molar-refractivity contribution is -0.168. The van der Waals surface area contributed by atoms with Gasteiger partial charge >= 0.3 is 0 Å². The number of Topliss-reactive ketones (excluding diaryl/α,β-unsaturated/α-hetero) is 1. The van der Waals surface area contributed by atoms with Crippen LogP contribution < -0.4 is 27.8 Å². The zero-order valence-corrected chi connectivity index (χ0v) is 48.5. The van der Waals surface area contributed by atoms with Gasteiger partial charge in [-0.2, -0.15) is 0 Å². The average molecular weight is 1140 g/mol.